The zero-order valence-electron chi connectivity index (χ0n) is 15.9. The van der Waals surface area contributed by atoms with E-state index in [0.717, 1.165) is 18.8 Å². The van der Waals surface area contributed by atoms with Gasteiger partial charge in [0.05, 0.1) is 6.04 Å². The summed E-state index contributed by atoms with van der Waals surface area (Å²) in [6, 6.07) is 12.7. The third-order valence-electron chi connectivity index (χ3n) is 6.27. The molecule has 1 aromatic rings. The number of nitrogens with two attached hydrogens (primary N) is 1. The molecular formula is C22H31N4+. The van der Waals surface area contributed by atoms with E-state index in [4.69, 9.17) is 5.73 Å². The number of rotatable bonds is 4. The molecule has 4 atom stereocenters. The van der Waals surface area contributed by atoms with Crippen LogP contribution in [0.2, 0.25) is 0 Å². The summed E-state index contributed by atoms with van der Waals surface area (Å²) in [5, 5.41) is 3.89. The van der Waals surface area contributed by atoms with Gasteiger partial charge in [-0.2, -0.15) is 4.58 Å². The number of fused-ring (bicyclic) bond motifs is 2. The highest BCUT2D eigenvalue weighted by Crippen LogP contribution is 2.33. The molecule has 1 aromatic carbocycles. The summed E-state index contributed by atoms with van der Waals surface area (Å²) in [7, 11) is 0. The van der Waals surface area contributed by atoms with Crippen molar-refractivity contribution < 1.29 is 4.58 Å². The van der Waals surface area contributed by atoms with E-state index in [1.54, 1.807) is 0 Å². The van der Waals surface area contributed by atoms with Crippen molar-refractivity contribution in [2.45, 2.75) is 57.3 Å². The lowest BCUT2D eigenvalue weighted by Crippen LogP contribution is -2.62. The molecule has 1 saturated carbocycles. The molecule has 1 fully saturated rings. The lowest BCUT2D eigenvalue weighted by atomic mass is 9.82. The van der Waals surface area contributed by atoms with Crippen molar-refractivity contribution in [1.82, 2.24) is 10.2 Å². The largest absolute Gasteiger partial charge is 0.399 e. The van der Waals surface area contributed by atoms with Crippen LogP contribution in [0.4, 0.5) is 5.69 Å². The Morgan fingerprint density at radius 3 is 2.65 bits per heavy atom. The van der Waals surface area contributed by atoms with Gasteiger partial charge in [-0.3, -0.25) is 5.32 Å². The fourth-order valence-electron chi connectivity index (χ4n) is 5.00. The highest BCUT2D eigenvalue weighted by atomic mass is 15.2. The number of hydrogen-bond acceptors (Lipinski definition) is 3. The second-order valence-electron chi connectivity index (χ2n) is 7.64. The van der Waals surface area contributed by atoms with Gasteiger partial charge in [0, 0.05) is 36.4 Å². The lowest BCUT2D eigenvalue weighted by Gasteiger charge is -2.43. The topological polar surface area (TPSA) is 44.3 Å². The molecule has 4 nitrogen and oxygen atoms in total. The van der Waals surface area contributed by atoms with Crippen LogP contribution in [0, 0.1) is 0 Å². The molecule has 3 N–H and O–H groups in total. The zero-order valence-corrected chi connectivity index (χ0v) is 15.9. The van der Waals surface area contributed by atoms with Gasteiger partial charge in [-0.25, -0.2) is 0 Å². The van der Waals surface area contributed by atoms with Gasteiger partial charge in [0.25, 0.3) is 0 Å². The van der Waals surface area contributed by atoms with Crippen molar-refractivity contribution in [3.8, 4) is 0 Å². The number of nitrogens with one attached hydrogen (secondary N) is 1. The Hall–Kier alpha value is -1.91. The number of nitrogens with zero attached hydrogens (tertiary/aromatic N) is 2. The van der Waals surface area contributed by atoms with Gasteiger partial charge in [0.1, 0.15) is 6.04 Å². The second kappa shape index (κ2) is 7.37. The van der Waals surface area contributed by atoms with Crippen LogP contribution in [0.25, 0.3) is 0 Å². The van der Waals surface area contributed by atoms with Crippen LogP contribution in [0.5, 0.6) is 0 Å². The molecule has 1 heterocycles. The molecule has 0 radical (unpaired) electrons. The smallest absolute Gasteiger partial charge is 0.205 e. The van der Waals surface area contributed by atoms with Gasteiger partial charge in [-0.1, -0.05) is 38.1 Å². The number of allylic oxidation sites excluding steroid dienone is 1. The molecule has 1 aliphatic heterocycles. The van der Waals surface area contributed by atoms with E-state index in [1.807, 2.05) is 6.08 Å². The molecular weight excluding hydrogens is 320 g/mol. The van der Waals surface area contributed by atoms with E-state index < -0.39 is 0 Å². The minimum Gasteiger partial charge on any atom is -0.399 e. The van der Waals surface area contributed by atoms with Gasteiger partial charge >= 0.3 is 0 Å². The molecule has 4 rings (SSSR count). The van der Waals surface area contributed by atoms with E-state index in [-0.39, 0.29) is 6.04 Å². The Morgan fingerprint density at radius 1 is 1.15 bits per heavy atom. The third-order valence-corrected chi connectivity index (χ3v) is 6.27. The van der Waals surface area contributed by atoms with Crippen LogP contribution in [0.15, 0.2) is 54.3 Å². The summed E-state index contributed by atoms with van der Waals surface area (Å²) in [6.45, 7) is 6.83. The molecule has 26 heavy (non-hydrogen) atoms. The van der Waals surface area contributed by atoms with Gasteiger partial charge in [-0.05, 0) is 32.0 Å². The van der Waals surface area contributed by atoms with Crippen LogP contribution >= 0.6 is 0 Å². The average molecular weight is 352 g/mol. The summed E-state index contributed by atoms with van der Waals surface area (Å²) in [5.41, 5.74) is 9.57. The molecule has 138 valence electrons. The van der Waals surface area contributed by atoms with Crippen LogP contribution in [0.3, 0.4) is 0 Å². The Kier molecular flexibility index (Phi) is 4.96. The summed E-state index contributed by atoms with van der Waals surface area (Å²) >= 11 is 0. The molecule has 4 unspecified atom stereocenters. The zero-order chi connectivity index (χ0) is 18.1. The van der Waals surface area contributed by atoms with E-state index in [0.29, 0.717) is 18.1 Å². The summed E-state index contributed by atoms with van der Waals surface area (Å²) in [4.78, 5) is 2.63. The quantitative estimate of drug-likeness (QED) is 0.820. The number of hydrogen-bond donors (Lipinski definition) is 2. The predicted molar refractivity (Wildman–Crippen MR) is 108 cm³/mol. The van der Waals surface area contributed by atoms with Crippen LogP contribution in [0.1, 0.15) is 33.1 Å². The molecule has 4 heteroatoms. The molecule has 0 saturated heterocycles. The Balaban J connectivity index is 1.76. The molecule has 2 aliphatic carbocycles. The summed E-state index contributed by atoms with van der Waals surface area (Å²) in [5.74, 6) is 0. The maximum atomic E-state index is 6.16. The van der Waals surface area contributed by atoms with Crippen LogP contribution in [-0.4, -0.2) is 52.4 Å². The van der Waals surface area contributed by atoms with Gasteiger partial charge < -0.3 is 10.6 Å². The third kappa shape index (κ3) is 3.12. The van der Waals surface area contributed by atoms with Gasteiger partial charge in [0.2, 0.25) is 11.4 Å². The first-order valence-electron chi connectivity index (χ1n) is 10.1. The van der Waals surface area contributed by atoms with Crippen molar-refractivity contribution in [3.63, 3.8) is 0 Å². The van der Waals surface area contributed by atoms with Crippen LogP contribution < -0.4 is 11.1 Å². The van der Waals surface area contributed by atoms with Crippen molar-refractivity contribution in [2.75, 3.05) is 13.1 Å². The first kappa shape index (κ1) is 17.5. The molecule has 0 amide bonds. The molecule has 0 aromatic heterocycles. The van der Waals surface area contributed by atoms with Gasteiger partial charge in [0.15, 0.2) is 6.04 Å². The predicted octanol–water partition coefficient (Wildman–Crippen LogP) is 2.79. The van der Waals surface area contributed by atoms with Crippen molar-refractivity contribution in [2.24, 2.45) is 5.73 Å². The number of benzene rings is 1. The summed E-state index contributed by atoms with van der Waals surface area (Å²) in [6.07, 6.45) is 10.1. The molecule has 0 bridgehead atoms. The maximum Gasteiger partial charge on any atom is 0.205 e. The van der Waals surface area contributed by atoms with Crippen molar-refractivity contribution >= 4 is 11.4 Å². The average Bonchev–Trinajstić information content (AvgIpc) is 2.68. The molecule has 3 aliphatic rings. The SMILES string of the molecule is CCN(CC)C1CCC2NC3C=CC(N)=CC3=[N+](c3ccccc3)C2C1. The lowest BCUT2D eigenvalue weighted by molar-refractivity contribution is -0.502. The molecule has 0 spiro atoms. The summed E-state index contributed by atoms with van der Waals surface area (Å²) < 4.78 is 2.57. The highest BCUT2D eigenvalue weighted by molar-refractivity contribution is 6.00. The van der Waals surface area contributed by atoms with Crippen molar-refractivity contribution in [1.29, 1.82) is 0 Å². The van der Waals surface area contributed by atoms with E-state index in [2.05, 4.69) is 71.1 Å². The Morgan fingerprint density at radius 2 is 1.92 bits per heavy atom. The fraction of sp³-hybridized carbons (Fsp3) is 0.500. The van der Waals surface area contributed by atoms with E-state index in [9.17, 15) is 0 Å². The Labute approximate surface area is 157 Å². The Bertz CT molecular complexity index is 730. The second-order valence-corrected chi connectivity index (χ2v) is 7.64. The van der Waals surface area contributed by atoms with E-state index in [1.165, 1.54) is 30.7 Å². The first-order chi connectivity index (χ1) is 12.7. The normalized spacial score (nSPS) is 30.8. The first-order valence-corrected chi connectivity index (χ1v) is 10.1. The minimum atomic E-state index is 0.258. The monoisotopic (exact) mass is 351 g/mol. The minimum absolute atomic E-state index is 0.258. The van der Waals surface area contributed by atoms with E-state index >= 15 is 0 Å². The van der Waals surface area contributed by atoms with Crippen molar-refractivity contribution in [3.05, 3.63) is 54.3 Å². The van der Waals surface area contributed by atoms with Crippen LogP contribution in [-0.2, 0) is 0 Å². The maximum absolute atomic E-state index is 6.16. The standard InChI is InChI=1S/C22H30N4/c1-3-25(4-2)18-11-13-20-22(15-18)26(17-8-6-5-7-9-17)21-14-16(23)10-12-19(21)24-20/h5-10,12,14,18-20,22-24H,3-4,11,13,15H2,1-2H3/p+1. The van der Waals surface area contributed by atoms with Gasteiger partial charge in [-0.15, -0.1) is 0 Å². The number of para-hydroxylation sites is 1. The highest BCUT2D eigenvalue weighted by Gasteiger charge is 2.46. The fourth-order valence-corrected chi connectivity index (χ4v) is 5.00.